The Morgan fingerprint density at radius 2 is 1.90 bits per heavy atom. The predicted molar refractivity (Wildman–Crippen MR) is 116 cm³/mol. The zero-order valence-corrected chi connectivity index (χ0v) is 16.9. The van der Waals surface area contributed by atoms with E-state index in [2.05, 4.69) is 27.6 Å². The number of thiol groups is 1. The third kappa shape index (κ3) is 3.74. The smallest absolute Gasteiger partial charge is 0.255 e. The van der Waals surface area contributed by atoms with Gasteiger partial charge in [0.25, 0.3) is 5.91 Å². The van der Waals surface area contributed by atoms with E-state index in [0.29, 0.717) is 5.56 Å². The minimum atomic E-state index is -1.25. The highest BCUT2D eigenvalue weighted by atomic mass is 32.1. The second-order valence-electron chi connectivity index (χ2n) is 7.01. The largest absolute Gasteiger partial charge is 0.378 e. The second-order valence-corrected chi connectivity index (χ2v) is 7.53. The number of aromatic amines is 1. The third-order valence-corrected chi connectivity index (χ3v) is 5.05. The molecule has 6 nitrogen and oxygen atoms in total. The summed E-state index contributed by atoms with van der Waals surface area (Å²) in [6.45, 7) is 0. The van der Waals surface area contributed by atoms with Crippen LogP contribution in [0.2, 0.25) is 0 Å². The molecule has 1 unspecified atom stereocenters. The Kier molecular flexibility index (Phi) is 5.08. The van der Waals surface area contributed by atoms with Gasteiger partial charge in [-0.15, -0.1) is 12.6 Å². The van der Waals surface area contributed by atoms with Gasteiger partial charge in [0.05, 0.1) is 0 Å². The van der Waals surface area contributed by atoms with Crippen molar-refractivity contribution in [2.75, 3.05) is 14.1 Å². The number of fused-ring (bicyclic) bond motifs is 1. The van der Waals surface area contributed by atoms with Crippen molar-refractivity contribution in [2.45, 2.75) is 11.0 Å². The lowest BCUT2D eigenvalue weighted by Crippen LogP contribution is -2.28. The molecule has 0 aliphatic heterocycles. The highest BCUT2D eigenvalue weighted by Gasteiger charge is 2.20. The second kappa shape index (κ2) is 7.69. The fourth-order valence-corrected chi connectivity index (χ4v) is 3.45. The maximum atomic E-state index is 12.1. The number of likely N-dealkylation sites (N-methyl/N-ethyl adjacent to an activating group) is 1. The number of amides is 1. The molecule has 0 saturated heterocycles. The van der Waals surface area contributed by atoms with Gasteiger partial charge in [0.2, 0.25) is 0 Å². The minimum Gasteiger partial charge on any atom is -0.378 e. The molecular formula is C22H20N4O2S. The van der Waals surface area contributed by atoms with E-state index in [1.807, 2.05) is 36.5 Å². The summed E-state index contributed by atoms with van der Waals surface area (Å²) in [5.74, 6) is -0.392. The lowest BCUT2D eigenvalue weighted by molar-refractivity contribution is -0.137. The Labute approximate surface area is 173 Å². The molecule has 4 aromatic rings. The predicted octanol–water partition coefficient (Wildman–Crippen LogP) is 3.70. The topological polar surface area (TPSA) is 82.1 Å². The zero-order chi connectivity index (χ0) is 20.5. The van der Waals surface area contributed by atoms with Crippen molar-refractivity contribution in [3.8, 4) is 22.3 Å². The maximum Gasteiger partial charge on any atom is 0.255 e. The molecule has 3 aromatic heterocycles. The average Bonchev–Trinajstić information content (AvgIpc) is 3.16. The average molecular weight is 404 g/mol. The highest BCUT2D eigenvalue weighted by molar-refractivity contribution is 7.80. The summed E-state index contributed by atoms with van der Waals surface area (Å²) in [5, 5.41) is 11.3. The fraction of sp³-hybridized carbons (Fsp3) is 0.136. The summed E-state index contributed by atoms with van der Waals surface area (Å²) < 4.78 is 0. The van der Waals surface area contributed by atoms with E-state index < -0.39 is 12.0 Å². The van der Waals surface area contributed by atoms with Crippen molar-refractivity contribution < 1.29 is 9.90 Å². The number of carbonyl (C=O) groups is 1. The molecule has 1 amide bonds. The van der Waals surface area contributed by atoms with E-state index in [1.165, 1.54) is 11.1 Å². The molecule has 0 aliphatic carbocycles. The SMILES string of the molecule is CN(C)C(=O)C(O)c1cncc(-c2cnc3[nH]cc(-c4cccc(S)c4)c3c2)c1. The standard InChI is InChI=1S/C22H20N4O2S/c1-26(2)22(28)20(27)16-6-14(9-23-10-16)15-8-18-19(12-25-21(18)24-11-15)13-4-3-5-17(29)7-13/h3-12,20,27,29H,1-2H3,(H,24,25). The van der Waals surface area contributed by atoms with Gasteiger partial charge < -0.3 is 15.0 Å². The lowest BCUT2D eigenvalue weighted by Gasteiger charge is -2.16. The van der Waals surface area contributed by atoms with Crippen LogP contribution in [0.1, 0.15) is 11.7 Å². The normalized spacial score (nSPS) is 12.1. The first-order valence-electron chi connectivity index (χ1n) is 9.05. The number of aliphatic hydroxyl groups is 1. The van der Waals surface area contributed by atoms with E-state index in [1.54, 1.807) is 32.6 Å². The van der Waals surface area contributed by atoms with Crippen molar-refractivity contribution in [1.29, 1.82) is 0 Å². The van der Waals surface area contributed by atoms with Gasteiger partial charge in [-0.1, -0.05) is 12.1 Å². The first kappa shape index (κ1) is 19.2. The van der Waals surface area contributed by atoms with Crippen LogP contribution in [-0.2, 0) is 4.79 Å². The first-order chi connectivity index (χ1) is 13.9. The van der Waals surface area contributed by atoms with Gasteiger partial charge in [-0.05, 0) is 29.8 Å². The van der Waals surface area contributed by atoms with Gasteiger partial charge in [0.1, 0.15) is 5.65 Å². The number of aliphatic hydroxyl groups excluding tert-OH is 1. The Morgan fingerprint density at radius 1 is 1.10 bits per heavy atom. The van der Waals surface area contributed by atoms with Crippen LogP contribution in [0, 0.1) is 0 Å². The van der Waals surface area contributed by atoms with Crippen LogP contribution >= 0.6 is 12.6 Å². The van der Waals surface area contributed by atoms with Crippen LogP contribution in [0.3, 0.4) is 0 Å². The molecule has 0 fully saturated rings. The van der Waals surface area contributed by atoms with Gasteiger partial charge in [-0.3, -0.25) is 9.78 Å². The summed E-state index contributed by atoms with van der Waals surface area (Å²) in [5.41, 5.74) is 4.91. The number of pyridine rings is 2. The third-order valence-electron chi connectivity index (χ3n) is 4.77. The number of aromatic nitrogens is 3. The number of H-pyrrole nitrogens is 1. The van der Waals surface area contributed by atoms with E-state index in [0.717, 1.165) is 38.2 Å². The first-order valence-corrected chi connectivity index (χ1v) is 9.50. The van der Waals surface area contributed by atoms with Crippen molar-refractivity contribution >= 4 is 29.6 Å². The molecule has 1 atom stereocenters. The Bertz CT molecular complexity index is 1200. The molecule has 0 radical (unpaired) electrons. The van der Waals surface area contributed by atoms with Gasteiger partial charge in [-0.25, -0.2) is 4.98 Å². The summed E-state index contributed by atoms with van der Waals surface area (Å²) in [6.07, 6.45) is 5.62. The molecule has 7 heteroatoms. The lowest BCUT2D eigenvalue weighted by atomic mass is 10.0. The number of rotatable bonds is 4. The van der Waals surface area contributed by atoms with E-state index in [4.69, 9.17) is 0 Å². The fourth-order valence-electron chi connectivity index (χ4n) is 3.23. The molecule has 0 bridgehead atoms. The van der Waals surface area contributed by atoms with Crippen molar-refractivity contribution in [1.82, 2.24) is 19.9 Å². The summed E-state index contributed by atoms with van der Waals surface area (Å²) in [4.78, 5) is 26.3. The van der Waals surface area contributed by atoms with Crippen molar-refractivity contribution in [3.05, 3.63) is 66.7 Å². The van der Waals surface area contributed by atoms with Gasteiger partial charge in [0, 0.05) is 71.4 Å². The Hall–Kier alpha value is -3.16. The number of hydrogen-bond donors (Lipinski definition) is 3. The summed E-state index contributed by atoms with van der Waals surface area (Å²) >= 11 is 4.43. The van der Waals surface area contributed by atoms with E-state index in [-0.39, 0.29) is 0 Å². The van der Waals surface area contributed by atoms with Gasteiger partial charge >= 0.3 is 0 Å². The molecule has 2 N–H and O–H groups in total. The molecule has 3 heterocycles. The van der Waals surface area contributed by atoms with Gasteiger partial charge in [0.15, 0.2) is 6.10 Å². The maximum absolute atomic E-state index is 12.1. The molecule has 29 heavy (non-hydrogen) atoms. The van der Waals surface area contributed by atoms with Gasteiger partial charge in [-0.2, -0.15) is 0 Å². The minimum absolute atomic E-state index is 0.392. The number of hydrogen-bond acceptors (Lipinski definition) is 5. The van der Waals surface area contributed by atoms with Crippen molar-refractivity contribution in [3.63, 3.8) is 0 Å². The van der Waals surface area contributed by atoms with Crippen LogP contribution in [0.15, 0.2) is 66.1 Å². The monoisotopic (exact) mass is 404 g/mol. The number of nitrogens with one attached hydrogen (secondary N) is 1. The molecule has 146 valence electrons. The van der Waals surface area contributed by atoms with Crippen LogP contribution in [0.25, 0.3) is 33.3 Å². The van der Waals surface area contributed by atoms with Crippen LogP contribution in [0.5, 0.6) is 0 Å². The molecular weight excluding hydrogens is 384 g/mol. The summed E-state index contributed by atoms with van der Waals surface area (Å²) in [7, 11) is 3.21. The van der Waals surface area contributed by atoms with Crippen LogP contribution in [0.4, 0.5) is 0 Å². The molecule has 1 aromatic carbocycles. The molecule has 0 aliphatic rings. The van der Waals surface area contributed by atoms with Crippen LogP contribution in [-0.4, -0.2) is 45.0 Å². The molecule has 0 saturated carbocycles. The number of benzene rings is 1. The van der Waals surface area contributed by atoms with Crippen molar-refractivity contribution in [2.24, 2.45) is 0 Å². The molecule has 0 spiro atoms. The van der Waals surface area contributed by atoms with Crippen LogP contribution < -0.4 is 0 Å². The zero-order valence-electron chi connectivity index (χ0n) is 16.0. The molecule has 4 rings (SSSR count). The van der Waals surface area contributed by atoms with E-state index >= 15 is 0 Å². The quantitative estimate of drug-likeness (QED) is 0.453. The number of carbonyl (C=O) groups excluding carboxylic acids is 1. The Balaban J connectivity index is 1.76. The van der Waals surface area contributed by atoms with E-state index in [9.17, 15) is 9.90 Å². The number of nitrogens with zero attached hydrogens (tertiary/aromatic N) is 3. The Morgan fingerprint density at radius 3 is 2.66 bits per heavy atom. The summed E-state index contributed by atoms with van der Waals surface area (Å²) in [6, 6.07) is 11.7. The highest BCUT2D eigenvalue weighted by Crippen LogP contribution is 2.32.